The molecular weight excluding hydrogens is 467 g/mol. The topological polar surface area (TPSA) is 78.8 Å². The van der Waals surface area contributed by atoms with E-state index in [0.29, 0.717) is 0 Å². The normalized spacial score (nSPS) is 46.8. The molecule has 0 radical (unpaired) electrons. The van der Waals surface area contributed by atoms with Crippen LogP contribution in [0.2, 0.25) is 0 Å². The fourth-order valence-corrected chi connectivity index (χ4v) is 9.46. The van der Waals surface area contributed by atoms with Gasteiger partial charge in [0.1, 0.15) is 5.82 Å². The van der Waals surface area contributed by atoms with Crippen LogP contribution in [-0.2, 0) is 21.4 Å². The van der Waals surface area contributed by atoms with Gasteiger partial charge in [0.05, 0.1) is 11.0 Å². The maximum atomic E-state index is 15.0. The zero-order valence-corrected chi connectivity index (χ0v) is 18.5. The van der Waals surface area contributed by atoms with E-state index in [0.717, 1.165) is 11.0 Å². The highest BCUT2D eigenvalue weighted by atomic mass is 32.2. The molecule has 0 saturated heterocycles. The van der Waals surface area contributed by atoms with Crippen molar-refractivity contribution < 1.29 is 26.4 Å². The summed E-state index contributed by atoms with van der Waals surface area (Å²) in [4.78, 5) is 15.5. The van der Waals surface area contributed by atoms with Crippen LogP contribution in [-0.4, -0.2) is 37.0 Å². The maximum Gasteiger partial charge on any atom is 0.278 e. The van der Waals surface area contributed by atoms with Crippen molar-refractivity contribution in [3.63, 3.8) is 0 Å². The number of alkyl halides is 2. The van der Waals surface area contributed by atoms with Gasteiger partial charge in [0.2, 0.25) is 0 Å². The van der Waals surface area contributed by atoms with Crippen LogP contribution in [0.25, 0.3) is 0 Å². The summed E-state index contributed by atoms with van der Waals surface area (Å²) in [7, 11) is -3.86. The molecule has 10 rings (SSSR count). The molecule has 6 unspecified atom stereocenters. The molecule has 10 heteroatoms. The van der Waals surface area contributed by atoms with Gasteiger partial charge < -0.3 is 10.2 Å². The Balaban J connectivity index is 1.25. The maximum absolute atomic E-state index is 15.0. The number of rotatable bonds is 3. The van der Waals surface area contributed by atoms with Crippen molar-refractivity contribution in [1.82, 2.24) is 10.2 Å². The second-order valence-electron chi connectivity index (χ2n) is 10.8. The second kappa shape index (κ2) is 5.78. The zero-order chi connectivity index (χ0) is 23.3. The Kier molecular flexibility index (Phi) is 3.34. The standard InChI is InChI=1S/C24H20F3N3O3S/c25-10-3-1-9(2-4-10)8-30-21-11(7-12(23(30)31)22-28-5-6-34(32,33)29-22)13-14-16-18(21)17-15(13)20(17)24(26,27)19(14)16/h1-7,11,13-21H,8H2,(H,28,29)/t11-,13?,14?,15?,16?,17?,18?,19?,20?,21-/m1/s1. The smallest absolute Gasteiger partial charge is 0.278 e. The van der Waals surface area contributed by atoms with Gasteiger partial charge in [0.15, 0.2) is 5.84 Å². The number of nitrogens with one attached hydrogen (secondary N) is 1. The second-order valence-corrected chi connectivity index (χ2v) is 12.3. The molecule has 2 aliphatic heterocycles. The van der Waals surface area contributed by atoms with Crippen molar-refractivity contribution in [3.05, 3.63) is 58.9 Å². The van der Waals surface area contributed by atoms with Gasteiger partial charge in [0, 0.05) is 36.5 Å². The highest BCUT2D eigenvalue weighted by Crippen LogP contribution is 2.90. The molecule has 7 fully saturated rings. The Morgan fingerprint density at radius 2 is 1.65 bits per heavy atom. The fraction of sp³-hybridized carbons (Fsp3) is 0.500. The first-order valence-electron chi connectivity index (χ1n) is 11.6. The summed E-state index contributed by atoms with van der Waals surface area (Å²) in [5.74, 6) is -4.75. The van der Waals surface area contributed by atoms with Crippen LogP contribution in [0.4, 0.5) is 13.2 Å². The van der Waals surface area contributed by atoms with Crippen LogP contribution in [0.1, 0.15) is 5.56 Å². The van der Waals surface area contributed by atoms with E-state index in [1.807, 2.05) is 6.08 Å². The van der Waals surface area contributed by atoms with Crippen molar-refractivity contribution in [2.45, 2.75) is 18.5 Å². The molecule has 1 aromatic carbocycles. The van der Waals surface area contributed by atoms with E-state index in [1.54, 1.807) is 17.0 Å². The van der Waals surface area contributed by atoms with Crippen molar-refractivity contribution in [1.29, 1.82) is 0 Å². The van der Waals surface area contributed by atoms with Crippen molar-refractivity contribution in [3.8, 4) is 0 Å². The Morgan fingerprint density at radius 1 is 1.00 bits per heavy atom. The van der Waals surface area contributed by atoms with E-state index >= 15 is 0 Å². The van der Waals surface area contributed by atoms with Crippen LogP contribution in [0.15, 0.2) is 51.9 Å². The highest BCUT2D eigenvalue weighted by Gasteiger charge is 2.93. The summed E-state index contributed by atoms with van der Waals surface area (Å²) in [6, 6.07) is 5.69. The molecule has 1 aromatic rings. The predicted molar refractivity (Wildman–Crippen MR) is 114 cm³/mol. The minimum atomic E-state index is -3.86. The van der Waals surface area contributed by atoms with Crippen LogP contribution in [0.3, 0.4) is 0 Å². The average Bonchev–Trinajstić information content (AvgIpc) is 3.68. The molecule has 0 spiro atoms. The number of nitrogens with zero attached hydrogens (tertiary/aromatic N) is 2. The lowest BCUT2D eigenvalue weighted by atomic mass is 9.59. The summed E-state index contributed by atoms with van der Waals surface area (Å²) in [6.45, 7) is 0.206. The molecule has 2 heterocycles. The van der Waals surface area contributed by atoms with Gasteiger partial charge in [-0.3, -0.25) is 4.79 Å². The minimum absolute atomic E-state index is 0.0236. The largest absolute Gasteiger partial charge is 0.345 e. The van der Waals surface area contributed by atoms with Gasteiger partial charge in [-0.05, 0) is 53.2 Å². The first-order valence-corrected chi connectivity index (χ1v) is 13.1. The van der Waals surface area contributed by atoms with E-state index < -0.39 is 27.8 Å². The number of amidine groups is 1. The molecule has 8 atom stereocenters. The Labute approximate surface area is 193 Å². The molecule has 1 amide bonds. The number of hydrogen-bond donors (Lipinski definition) is 1. The molecule has 7 saturated carbocycles. The number of halogens is 3. The van der Waals surface area contributed by atoms with Crippen molar-refractivity contribution in [2.24, 2.45) is 57.7 Å². The number of benzene rings is 1. The Hall–Kier alpha value is -2.62. The third kappa shape index (κ3) is 2.21. The van der Waals surface area contributed by atoms with E-state index in [9.17, 15) is 26.4 Å². The third-order valence-corrected chi connectivity index (χ3v) is 10.5. The van der Waals surface area contributed by atoms with Gasteiger partial charge in [-0.25, -0.2) is 13.2 Å². The first-order chi connectivity index (χ1) is 16.2. The lowest BCUT2D eigenvalue weighted by Gasteiger charge is -2.53. The molecule has 1 N–H and O–H groups in total. The van der Waals surface area contributed by atoms with Gasteiger partial charge in [-0.1, -0.05) is 18.2 Å². The molecule has 7 aliphatic carbocycles. The molecule has 9 aliphatic rings. The SMILES string of the molecule is O=C1C(C2=NS(=O)(=O)C=CN2)=C[C@@H]2C3C4C5C(C6C3C6C(F)(F)C45)[C@@H]2N1Cc1ccc(F)cc1. The lowest BCUT2D eigenvalue weighted by Crippen LogP contribution is -2.60. The average molecular weight is 488 g/mol. The van der Waals surface area contributed by atoms with Gasteiger partial charge in [-0.2, -0.15) is 8.42 Å². The predicted octanol–water partition coefficient (Wildman–Crippen LogP) is 2.51. The number of amides is 1. The lowest BCUT2D eigenvalue weighted by molar-refractivity contribution is -0.138. The van der Waals surface area contributed by atoms with Crippen molar-refractivity contribution >= 4 is 21.8 Å². The monoisotopic (exact) mass is 487 g/mol. The summed E-state index contributed by atoms with van der Waals surface area (Å²) in [5.41, 5.74) is 0.899. The van der Waals surface area contributed by atoms with Crippen LogP contribution < -0.4 is 5.32 Å². The van der Waals surface area contributed by atoms with E-state index in [4.69, 9.17) is 0 Å². The summed E-state index contributed by atoms with van der Waals surface area (Å²) in [6.07, 6.45) is 3.05. The first kappa shape index (κ1) is 19.7. The van der Waals surface area contributed by atoms with Crippen LogP contribution in [0.5, 0.6) is 0 Å². The van der Waals surface area contributed by atoms with Gasteiger partial charge in [-0.15, -0.1) is 4.40 Å². The zero-order valence-electron chi connectivity index (χ0n) is 17.7. The van der Waals surface area contributed by atoms with Crippen molar-refractivity contribution in [2.75, 3.05) is 0 Å². The number of carbonyl (C=O) groups is 1. The van der Waals surface area contributed by atoms with E-state index in [2.05, 4.69) is 9.71 Å². The number of carbonyl (C=O) groups excluding carboxylic acids is 1. The highest BCUT2D eigenvalue weighted by molar-refractivity contribution is 7.93. The van der Waals surface area contributed by atoms with Gasteiger partial charge >= 0.3 is 0 Å². The molecule has 176 valence electrons. The van der Waals surface area contributed by atoms with E-state index in [-0.39, 0.29) is 77.1 Å². The quantitative estimate of drug-likeness (QED) is 0.711. The molecule has 34 heavy (non-hydrogen) atoms. The molecule has 0 aromatic heterocycles. The summed E-state index contributed by atoms with van der Waals surface area (Å²) >= 11 is 0. The fourth-order valence-electron chi connectivity index (χ4n) is 8.75. The molecule has 6 nitrogen and oxygen atoms in total. The third-order valence-electron chi connectivity index (χ3n) is 9.58. The van der Waals surface area contributed by atoms with Crippen LogP contribution in [0, 0.1) is 59.1 Å². The van der Waals surface area contributed by atoms with Crippen LogP contribution >= 0.6 is 0 Å². The Morgan fingerprint density at radius 3 is 2.29 bits per heavy atom. The Bertz CT molecular complexity index is 1350. The molecule has 8 bridgehead atoms. The van der Waals surface area contributed by atoms with E-state index in [1.165, 1.54) is 18.3 Å². The molecular formula is C24H20F3N3O3S. The number of sulfonamides is 1. The van der Waals surface area contributed by atoms with Gasteiger partial charge in [0.25, 0.3) is 21.9 Å². The number of hydrogen-bond acceptors (Lipinski definition) is 4. The minimum Gasteiger partial charge on any atom is -0.345 e. The summed E-state index contributed by atoms with van der Waals surface area (Å²) < 4.78 is 71.4. The summed E-state index contributed by atoms with van der Waals surface area (Å²) in [5, 5.41) is 3.71.